The van der Waals surface area contributed by atoms with Gasteiger partial charge in [-0.2, -0.15) is 0 Å². The van der Waals surface area contributed by atoms with Crippen molar-refractivity contribution in [3.05, 3.63) is 27.7 Å². The topological polar surface area (TPSA) is 56.1 Å². The molecule has 6 nitrogen and oxygen atoms in total. The van der Waals surface area contributed by atoms with E-state index >= 15 is 0 Å². The summed E-state index contributed by atoms with van der Waals surface area (Å²) >= 11 is 1.90. The molecular weight excluding hydrogens is 298 g/mol. The van der Waals surface area contributed by atoms with E-state index < -0.39 is 0 Å². The minimum absolute atomic E-state index is 0.0167. The van der Waals surface area contributed by atoms with Gasteiger partial charge in [0.1, 0.15) is 17.4 Å². The Kier molecular flexibility index (Phi) is 3.94. The third-order valence-electron chi connectivity index (χ3n) is 4.42. The zero-order valence-electron chi connectivity index (χ0n) is 12.9. The quantitative estimate of drug-likeness (QED) is 0.860. The molecule has 1 aliphatic carbocycles. The van der Waals surface area contributed by atoms with Crippen molar-refractivity contribution in [3.8, 4) is 0 Å². The molecular formula is C15H21N5OS. The first kappa shape index (κ1) is 14.3. The van der Waals surface area contributed by atoms with Gasteiger partial charge < -0.3 is 9.30 Å². The van der Waals surface area contributed by atoms with E-state index in [0.29, 0.717) is 0 Å². The highest BCUT2D eigenvalue weighted by Crippen LogP contribution is 2.29. The van der Waals surface area contributed by atoms with Crippen molar-refractivity contribution >= 4 is 11.3 Å². The highest BCUT2D eigenvalue weighted by atomic mass is 32.1. The van der Waals surface area contributed by atoms with Crippen LogP contribution in [0.5, 0.6) is 0 Å². The highest BCUT2D eigenvalue weighted by molar-refractivity contribution is 7.11. The van der Waals surface area contributed by atoms with Crippen LogP contribution < -0.4 is 0 Å². The summed E-state index contributed by atoms with van der Waals surface area (Å²) in [7, 11) is 0. The van der Waals surface area contributed by atoms with Crippen LogP contribution in [0, 0.1) is 0 Å². The van der Waals surface area contributed by atoms with Gasteiger partial charge in [0, 0.05) is 24.5 Å². The zero-order chi connectivity index (χ0) is 14.9. The van der Waals surface area contributed by atoms with E-state index in [2.05, 4.69) is 26.6 Å². The summed E-state index contributed by atoms with van der Waals surface area (Å²) in [5.41, 5.74) is 1.34. The molecule has 1 unspecified atom stereocenters. The molecule has 1 fully saturated rings. The van der Waals surface area contributed by atoms with Crippen LogP contribution in [0.2, 0.25) is 0 Å². The molecule has 2 aromatic rings. The summed E-state index contributed by atoms with van der Waals surface area (Å²) in [4.78, 5) is 8.74. The number of aryl methyl sites for hydroxylation is 3. The molecule has 118 valence electrons. The van der Waals surface area contributed by atoms with Crippen molar-refractivity contribution in [2.45, 2.75) is 45.4 Å². The summed E-state index contributed by atoms with van der Waals surface area (Å²) in [5, 5.41) is 9.51. The SMILES string of the molecule is CCn1cnnc1C1CN(Cc2nc3c(s2)CCC3)CCO1. The van der Waals surface area contributed by atoms with E-state index in [1.54, 1.807) is 6.33 Å². The maximum absolute atomic E-state index is 5.91. The number of hydrogen-bond acceptors (Lipinski definition) is 6. The summed E-state index contributed by atoms with van der Waals surface area (Å²) in [5.74, 6) is 0.939. The van der Waals surface area contributed by atoms with E-state index in [1.807, 2.05) is 11.3 Å². The Morgan fingerprint density at radius 1 is 1.41 bits per heavy atom. The molecule has 1 saturated heterocycles. The number of nitrogens with zero attached hydrogens (tertiary/aromatic N) is 5. The number of fused-ring (bicyclic) bond motifs is 1. The Labute approximate surface area is 134 Å². The lowest BCUT2D eigenvalue weighted by Gasteiger charge is -2.31. The Morgan fingerprint density at radius 3 is 3.23 bits per heavy atom. The molecule has 22 heavy (non-hydrogen) atoms. The molecule has 0 aromatic carbocycles. The summed E-state index contributed by atoms with van der Waals surface area (Å²) in [6.45, 7) is 6.47. The minimum atomic E-state index is 0.0167. The van der Waals surface area contributed by atoms with Crippen LogP contribution in [0.4, 0.5) is 0 Å². The second-order valence-electron chi connectivity index (χ2n) is 5.90. The van der Waals surface area contributed by atoms with Crippen LogP contribution in [0.25, 0.3) is 0 Å². The third kappa shape index (κ3) is 2.68. The molecule has 0 radical (unpaired) electrons. The first-order valence-electron chi connectivity index (χ1n) is 8.02. The van der Waals surface area contributed by atoms with Gasteiger partial charge in [-0.15, -0.1) is 21.5 Å². The fraction of sp³-hybridized carbons (Fsp3) is 0.667. The van der Waals surface area contributed by atoms with Gasteiger partial charge in [-0.05, 0) is 26.2 Å². The monoisotopic (exact) mass is 319 g/mol. The van der Waals surface area contributed by atoms with Gasteiger partial charge in [-0.1, -0.05) is 0 Å². The molecule has 1 atom stereocenters. The highest BCUT2D eigenvalue weighted by Gasteiger charge is 2.27. The maximum Gasteiger partial charge on any atom is 0.163 e. The molecule has 4 rings (SSSR count). The van der Waals surface area contributed by atoms with Crippen LogP contribution >= 0.6 is 11.3 Å². The van der Waals surface area contributed by atoms with E-state index in [-0.39, 0.29) is 6.10 Å². The van der Waals surface area contributed by atoms with Crippen molar-refractivity contribution in [2.75, 3.05) is 19.7 Å². The van der Waals surface area contributed by atoms with Crippen molar-refractivity contribution in [3.63, 3.8) is 0 Å². The van der Waals surface area contributed by atoms with Crippen molar-refractivity contribution in [2.24, 2.45) is 0 Å². The molecule has 0 saturated carbocycles. The molecule has 0 N–H and O–H groups in total. The van der Waals surface area contributed by atoms with Crippen LogP contribution in [0.3, 0.4) is 0 Å². The van der Waals surface area contributed by atoms with Gasteiger partial charge in [0.15, 0.2) is 5.82 Å². The predicted octanol–water partition coefficient (Wildman–Crippen LogP) is 1.82. The number of ether oxygens (including phenoxy) is 1. The number of hydrogen-bond donors (Lipinski definition) is 0. The van der Waals surface area contributed by atoms with Crippen LogP contribution in [-0.4, -0.2) is 44.3 Å². The summed E-state index contributed by atoms with van der Waals surface area (Å²) in [6, 6.07) is 0. The van der Waals surface area contributed by atoms with Crippen LogP contribution in [0.1, 0.15) is 40.9 Å². The lowest BCUT2D eigenvalue weighted by molar-refractivity contribution is -0.0388. The van der Waals surface area contributed by atoms with Gasteiger partial charge in [-0.3, -0.25) is 4.90 Å². The van der Waals surface area contributed by atoms with Crippen molar-refractivity contribution in [1.29, 1.82) is 0 Å². The average Bonchev–Trinajstić information content (AvgIpc) is 3.22. The summed E-state index contributed by atoms with van der Waals surface area (Å²) < 4.78 is 7.97. The van der Waals surface area contributed by atoms with Crippen molar-refractivity contribution < 1.29 is 4.74 Å². The smallest absolute Gasteiger partial charge is 0.163 e. The van der Waals surface area contributed by atoms with Gasteiger partial charge in [0.2, 0.25) is 0 Å². The Morgan fingerprint density at radius 2 is 2.36 bits per heavy atom. The third-order valence-corrected chi connectivity index (χ3v) is 5.57. The first-order chi connectivity index (χ1) is 10.8. The van der Waals surface area contributed by atoms with E-state index in [9.17, 15) is 0 Å². The molecule has 0 spiro atoms. The number of aromatic nitrogens is 4. The lowest BCUT2D eigenvalue weighted by atomic mass is 10.2. The van der Waals surface area contributed by atoms with Crippen LogP contribution in [0.15, 0.2) is 6.33 Å². The Hall–Kier alpha value is -1.31. The van der Waals surface area contributed by atoms with Gasteiger partial charge in [-0.25, -0.2) is 4.98 Å². The normalized spacial score (nSPS) is 22.1. The predicted molar refractivity (Wildman–Crippen MR) is 83.8 cm³/mol. The lowest BCUT2D eigenvalue weighted by Crippen LogP contribution is -2.38. The first-order valence-corrected chi connectivity index (χ1v) is 8.84. The minimum Gasteiger partial charge on any atom is -0.368 e. The fourth-order valence-corrected chi connectivity index (χ4v) is 4.46. The molecule has 1 aliphatic heterocycles. The second kappa shape index (κ2) is 6.06. The second-order valence-corrected chi connectivity index (χ2v) is 7.07. The van der Waals surface area contributed by atoms with E-state index in [1.165, 1.54) is 28.4 Å². The number of rotatable bonds is 4. The molecule has 0 amide bonds. The Balaban J connectivity index is 1.44. The van der Waals surface area contributed by atoms with Crippen LogP contribution in [-0.2, 0) is 30.7 Å². The molecule has 3 heterocycles. The molecule has 2 aliphatic rings. The fourth-order valence-electron chi connectivity index (χ4n) is 3.26. The number of thiazole rings is 1. The molecule has 7 heteroatoms. The maximum atomic E-state index is 5.91. The Bertz CT molecular complexity index is 631. The molecule has 0 bridgehead atoms. The zero-order valence-corrected chi connectivity index (χ0v) is 13.7. The van der Waals surface area contributed by atoms with Gasteiger partial charge >= 0.3 is 0 Å². The largest absolute Gasteiger partial charge is 0.368 e. The van der Waals surface area contributed by atoms with Gasteiger partial charge in [0.25, 0.3) is 0 Å². The van der Waals surface area contributed by atoms with E-state index in [4.69, 9.17) is 9.72 Å². The van der Waals surface area contributed by atoms with E-state index in [0.717, 1.165) is 45.0 Å². The standard InChI is InChI=1S/C15H21N5OS/c1-2-20-10-16-18-15(20)12-8-19(6-7-21-12)9-14-17-11-4-3-5-13(11)22-14/h10,12H,2-9H2,1H3. The number of morpholine rings is 1. The summed E-state index contributed by atoms with van der Waals surface area (Å²) in [6.07, 6.45) is 5.46. The van der Waals surface area contributed by atoms with Crippen molar-refractivity contribution in [1.82, 2.24) is 24.6 Å². The average molecular weight is 319 g/mol. The van der Waals surface area contributed by atoms with Gasteiger partial charge in [0.05, 0.1) is 18.8 Å². The molecule has 2 aromatic heterocycles.